The van der Waals surface area contributed by atoms with Gasteiger partial charge in [0.2, 0.25) is 0 Å². The molecule has 2 unspecified atom stereocenters. The maximum Gasteiger partial charge on any atom is 0.150 e. The van der Waals surface area contributed by atoms with E-state index in [1.807, 2.05) is 12.1 Å². The van der Waals surface area contributed by atoms with Gasteiger partial charge >= 0.3 is 0 Å². The summed E-state index contributed by atoms with van der Waals surface area (Å²) in [6.07, 6.45) is 0.681. The number of hydrogen-bond acceptors (Lipinski definition) is 3. The van der Waals surface area contributed by atoms with Crippen LogP contribution in [0.5, 0.6) is 5.75 Å². The highest BCUT2D eigenvalue weighted by atomic mass is 79.9. The lowest BCUT2D eigenvalue weighted by atomic mass is 9.98. The van der Waals surface area contributed by atoms with Gasteiger partial charge in [0.15, 0.2) is 9.84 Å². The third-order valence-electron chi connectivity index (χ3n) is 3.19. The van der Waals surface area contributed by atoms with Gasteiger partial charge in [-0.15, -0.1) is 0 Å². The van der Waals surface area contributed by atoms with Crippen LogP contribution in [0.1, 0.15) is 16.8 Å². The molecule has 3 nitrogen and oxygen atoms in total. The first kappa shape index (κ1) is 14.2. The Labute approximate surface area is 121 Å². The van der Waals surface area contributed by atoms with Crippen LogP contribution in [0, 0.1) is 5.92 Å². The van der Waals surface area contributed by atoms with E-state index in [2.05, 4.69) is 15.9 Å². The van der Waals surface area contributed by atoms with Gasteiger partial charge in [0.1, 0.15) is 5.75 Å². The van der Waals surface area contributed by atoms with Crippen molar-refractivity contribution < 1.29 is 13.2 Å². The maximum absolute atomic E-state index is 11.5. The predicted octanol–water partition coefficient (Wildman–Crippen LogP) is 3.22. The van der Waals surface area contributed by atoms with E-state index in [4.69, 9.17) is 16.3 Å². The van der Waals surface area contributed by atoms with Gasteiger partial charge < -0.3 is 4.74 Å². The van der Waals surface area contributed by atoms with Crippen molar-refractivity contribution in [3.63, 3.8) is 0 Å². The van der Waals surface area contributed by atoms with Crippen molar-refractivity contribution in [1.29, 1.82) is 0 Å². The molecule has 1 fully saturated rings. The summed E-state index contributed by atoms with van der Waals surface area (Å²) in [4.78, 5) is -0.0341. The highest BCUT2D eigenvalue weighted by Crippen LogP contribution is 2.41. The minimum Gasteiger partial charge on any atom is -0.497 e. The van der Waals surface area contributed by atoms with Crippen molar-refractivity contribution in [2.45, 2.75) is 11.2 Å². The summed E-state index contributed by atoms with van der Waals surface area (Å²) in [7, 11) is -1.29. The Morgan fingerprint density at radius 2 is 2.22 bits per heavy atom. The standard InChI is InChI=1S/C12H14BrClO3S/c1-17-9-2-3-10(11(14)6-9)12(13)8-4-5-18(15,16)7-8/h2-3,6,8,12H,4-5,7H2,1H3. The van der Waals surface area contributed by atoms with Gasteiger partial charge in [-0.2, -0.15) is 0 Å². The molecule has 1 aliphatic rings. The topological polar surface area (TPSA) is 43.4 Å². The molecule has 0 amide bonds. The largest absolute Gasteiger partial charge is 0.497 e. The highest BCUT2D eigenvalue weighted by molar-refractivity contribution is 9.09. The number of benzene rings is 1. The number of alkyl halides is 1. The lowest BCUT2D eigenvalue weighted by Gasteiger charge is -2.18. The molecule has 100 valence electrons. The second-order valence-corrected chi connectivity index (χ2v) is 8.07. The normalized spacial score (nSPS) is 23.8. The molecule has 2 atom stereocenters. The van der Waals surface area contributed by atoms with Crippen LogP contribution in [0.25, 0.3) is 0 Å². The van der Waals surface area contributed by atoms with Gasteiger partial charge in [0, 0.05) is 9.85 Å². The van der Waals surface area contributed by atoms with Crippen LogP contribution >= 0.6 is 27.5 Å². The molecule has 0 saturated carbocycles. The molecule has 0 spiro atoms. The van der Waals surface area contributed by atoms with E-state index in [1.165, 1.54) is 0 Å². The molecule has 1 aliphatic heterocycles. The number of ether oxygens (including phenoxy) is 1. The monoisotopic (exact) mass is 352 g/mol. The number of methoxy groups -OCH3 is 1. The van der Waals surface area contributed by atoms with Gasteiger partial charge in [-0.3, -0.25) is 0 Å². The Hall–Kier alpha value is -0.260. The third-order valence-corrected chi connectivity index (χ3v) is 6.55. The van der Waals surface area contributed by atoms with E-state index in [0.717, 1.165) is 5.56 Å². The minimum absolute atomic E-state index is 0.0341. The lowest BCUT2D eigenvalue weighted by molar-refractivity contribution is 0.414. The van der Waals surface area contributed by atoms with Crippen LogP contribution in [-0.4, -0.2) is 27.0 Å². The first-order valence-corrected chi connectivity index (χ1v) is 8.72. The maximum atomic E-state index is 11.5. The third kappa shape index (κ3) is 3.00. The van der Waals surface area contributed by atoms with Gasteiger partial charge in [0.25, 0.3) is 0 Å². The van der Waals surface area contributed by atoms with Crippen molar-refractivity contribution >= 4 is 37.4 Å². The molecule has 0 bridgehead atoms. The number of sulfone groups is 1. The number of halogens is 2. The zero-order chi connectivity index (χ0) is 13.3. The molecule has 1 aromatic carbocycles. The molecular formula is C12H14BrClO3S. The summed E-state index contributed by atoms with van der Waals surface area (Å²) in [6, 6.07) is 5.46. The molecule has 1 saturated heterocycles. The van der Waals surface area contributed by atoms with Gasteiger partial charge in [-0.1, -0.05) is 33.6 Å². The quantitative estimate of drug-likeness (QED) is 0.784. The Morgan fingerprint density at radius 3 is 2.72 bits per heavy atom. The Balaban J connectivity index is 2.21. The molecule has 18 heavy (non-hydrogen) atoms. The van der Waals surface area contributed by atoms with E-state index < -0.39 is 9.84 Å². The predicted molar refractivity (Wildman–Crippen MR) is 76.4 cm³/mol. The van der Waals surface area contributed by atoms with Crippen LogP contribution in [0.2, 0.25) is 5.02 Å². The zero-order valence-corrected chi connectivity index (χ0v) is 13.1. The van der Waals surface area contributed by atoms with Gasteiger partial charge in [-0.25, -0.2) is 8.42 Å². The van der Waals surface area contributed by atoms with Crippen LogP contribution in [0.4, 0.5) is 0 Å². The molecule has 1 aromatic rings. The summed E-state index contributed by atoms with van der Waals surface area (Å²) in [5.41, 5.74) is 0.916. The summed E-state index contributed by atoms with van der Waals surface area (Å²) < 4.78 is 28.1. The second-order valence-electron chi connectivity index (χ2n) is 4.45. The Bertz CT molecular complexity index is 544. The molecular weight excluding hydrogens is 340 g/mol. The average Bonchev–Trinajstić information content (AvgIpc) is 2.68. The van der Waals surface area contributed by atoms with E-state index >= 15 is 0 Å². The molecule has 0 radical (unpaired) electrons. The smallest absolute Gasteiger partial charge is 0.150 e. The fraction of sp³-hybridized carbons (Fsp3) is 0.500. The number of hydrogen-bond donors (Lipinski definition) is 0. The fourth-order valence-electron chi connectivity index (χ4n) is 2.17. The molecule has 0 N–H and O–H groups in total. The SMILES string of the molecule is COc1ccc(C(Br)C2CCS(=O)(=O)C2)c(Cl)c1. The van der Waals surface area contributed by atoms with Gasteiger partial charge in [-0.05, 0) is 30.0 Å². The van der Waals surface area contributed by atoms with Crippen LogP contribution in [0.15, 0.2) is 18.2 Å². The Morgan fingerprint density at radius 1 is 1.50 bits per heavy atom. The molecule has 0 aliphatic carbocycles. The number of rotatable bonds is 3. The fourth-order valence-corrected chi connectivity index (χ4v) is 5.52. The highest BCUT2D eigenvalue weighted by Gasteiger charge is 2.33. The van der Waals surface area contributed by atoms with E-state index in [0.29, 0.717) is 17.2 Å². The Kier molecular flexibility index (Phi) is 4.24. The van der Waals surface area contributed by atoms with Crippen molar-refractivity contribution in [2.24, 2.45) is 5.92 Å². The van der Waals surface area contributed by atoms with Crippen LogP contribution < -0.4 is 4.74 Å². The first-order chi connectivity index (χ1) is 8.43. The van der Waals surface area contributed by atoms with Crippen LogP contribution in [0.3, 0.4) is 0 Å². The van der Waals surface area contributed by atoms with Crippen molar-refractivity contribution in [2.75, 3.05) is 18.6 Å². The summed E-state index contributed by atoms with van der Waals surface area (Å²) in [6.45, 7) is 0. The van der Waals surface area contributed by atoms with Crippen molar-refractivity contribution in [3.05, 3.63) is 28.8 Å². The summed E-state index contributed by atoms with van der Waals surface area (Å²) >= 11 is 9.77. The summed E-state index contributed by atoms with van der Waals surface area (Å²) in [5, 5.41) is 0.598. The average molecular weight is 354 g/mol. The lowest BCUT2D eigenvalue weighted by Crippen LogP contribution is -2.10. The van der Waals surface area contributed by atoms with Crippen molar-refractivity contribution in [3.8, 4) is 5.75 Å². The second kappa shape index (κ2) is 5.39. The molecule has 1 heterocycles. The molecule has 6 heteroatoms. The van der Waals surface area contributed by atoms with E-state index in [9.17, 15) is 8.42 Å². The van der Waals surface area contributed by atoms with Gasteiger partial charge in [0.05, 0.1) is 18.6 Å². The molecule has 0 aromatic heterocycles. The first-order valence-electron chi connectivity index (χ1n) is 5.61. The minimum atomic E-state index is -2.87. The van der Waals surface area contributed by atoms with E-state index in [-0.39, 0.29) is 22.3 Å². The van der Waals surface area contributed by atoms with Crippen molar-refractivity contribution in [1.82, 2.24) is 0 Å². The molecule has 2 rings (SSSR count). The van der Waals surface area contributed by atoms with E-state index in [1.54, 1.807) is 13.2 Å². The van der Waals surface area contributed by atoms with Crippen LogP contribution in [-0.2, 0) is 9.84 Å². The zero-order valence-electron chi connectivity index (χ0n) is 9.90. The summed E-state index contributed by atoms with van der Waals surface area (Å²) in [5.74, 6) is 1.28.